The average molecular weight is 245 g/mol. The molecule has 0 saturated carbocycles. The minimum absolute atomic E-state index is 0.0187. The summed E-state index contributed by atoms with van der Waals surface area (Å²) in [5, 5.41) is 1.94. The van der Waals surface area contributed by atoms with Crippen molar-refractivity contribution < 1.29 is 13.2 Å². The number of nitrogens with zero attached hydrogens (tertiary/aromatic N) is 2. The molecule has 1 aromatic heterocycles. The van der Waals surface area contributed by atoms with Crippen LogP contribution in [0.5, 0.6) is 0 Å². The van der Waals surface area contributed by atoms with Gasteiger partial charge in [0.15, 0.2) is 0 Å². The van der Waals surface area contributed by atoms with Crippen LogP contribution in [-0.2, 0) is 6.18 Å². The monoisotopic (exact) mass is 245 g/mol. The summed E-state index contributed by atoms with van der Waals surface area (Å²) >= 11 is 0. The van der Waals surface area contributed by atoms with Gasteiger partial charge in [-0.25, -0.2) is 5.01 Å². The fraction of sp³-hybridized carbons (Fsp3) is 0.545. The van der Waals surface area contributed by atoms with Crippen LogP contribution in [-0.4, -0.2) is 23.6 Å². The molecule has 0 radical (unpaired) electrons. The van der Waals surface area contributed by atoms with E-state index in [1.807, 2.05) is 5.01 Å². The zero-order valence-electron chi connectivity index (χ0n) is 9.46. The van der Waals surface area contributed by atoms with Crippen molar-refractivity contribution in [2.45, 2.75) is 25.1 Å². The molecule has 0 bridgehead atoms. The Hall–Kier alpha value is -1.14. The van der Waals surface area contributed by atoms with Crippen LogP contribution < -0.4 is 5.43 Å². The maximum atomic E-state index is 12.6. The second kappa shape index (κ2) is 4.62. The normalized spacial score (nSPS) is 22.0. The first-order valence-electron chi connectivity index (χ1n) is 5.48. The first kappa shape index (κ1) is 12.3. The van der Waals surface area contributed by atoms with Crippen molar-refractivity contribution in [2.75, 3.05) is 13.6 Å². The van der Waals surface area contributed by atoms with Crippen LogP contribution in [0.15, 0.2) is 18.5 Å². The van der Waals surface area contributed by atoms with Gasteiger partial charge in [-0.2, -0.15) is 13.2 Å². The van der Waals surface area contributed by atoms with Gasteiger partial charge in [0.1, 0.15) is 0 Å². The molecule has 1 saturated heterocycles. The lowest BCUT2D eigenvalue weighted by Gasteiger charge is -2.23. The molecule has 0 amide bonds. The highest BCUT2D eigenvalue weighted by Crippen LogP contribution is 2.34. The lowest BCUT2D eigenvalue weighted by molar-refractivity contribution is -0.137. The Kier molecular flexibility index (Phi) is 3.35. The number of nitrogens with one attached hydrogen (secondary N) is 1. The van der Waals surface area contributed by atoms with Gasteiger partial charge in [-0.05, 0) is 31.5 Å². The van der Waals surface area contributed by atoms with Crippen molar-refractivity contribution >= 4 is 0 Å². The fourth-order valence-electron chi connectivity index (χ4n) is 2.18. The molecule has 0 spiro atoms. The summed E-state index contributed by atoms with van der Waals surface area (Å²) in [7, 11) is 1.78. The zero-order chi connectivity index (χ0) is 12.5. The molecule has 6 heteroatoms. The van der Waals surface area contributed by atoms with Crippen molar-refractivity contribution in [2.24, 2.45) is 0 Å². The largest absolute Gasteiger partial charge is 0.417 e. The summed E-state index contributed by atoms with van der Waals surface area (Å²) in [6.07, 6.45) is -0.130. The molecule has 0 unspecified atom stereocenters. The third kappa shape index (κ3) is 2.58. The van der Waals surface area contributed by atoms with Crippen LogP contribution in [0.4, 0.5) is 13.2 Å². The topological polar surface area (TPSA) is 28.2 Å². The number of alkyl halides is 3. The maximum Gasteiger partial charge on any atom is 0.417 e. The third-order valence-corrected chi connectivity index (χ3v) is 3.01. The predicted molar refractivity (Wildman–Crippen MR) is 57.0 cm³/mol. The Morgan fingerprint density at radius 1 is 1.41 bits per heavy atom. The summed E-state index contributed by atoms with van der Waals surface area (Å²) in [4.78, 5) is 3.69. The van der Waals surface area contributed by atoms with E-state index < -0.39 is 11.7 Å². The van der Waals surface area contributed by atoms with Crippen molar-refractivity contribution in [3.63, 3.8) is 0 Å². The molecule has 1 aliphatic rings. The number of hydrogen-bond acceptors (Lipinski definition) is 3. The molecule has 2 rings (SSSR count). The van der Waals surface area contributed by atoms with Gasteiger partial charge >= 0.3 is 6.18 Å². The first-order chi connectivity index (χ1) is 8.02. The third-order valence-electron chi connectivity index (χ3n) is 3.01. The summed E-state index contributed by atoms with van der Waals surface area (Å²) in [6, 6.07) is 1.17. The molecule has 1 aromatic rings. The standard InChI is InChI=1S/C11H14F3N3/c1-15-17-4-2-3-10(17)8-5-9(7-16-6-8)11(12,13)14/h5-7,10,15H,2-4H2,1H3/t10-/m1/s1. The molecule has 94 valence electrons. The van der Waals surface area contributed by atoms with Crippen LogP contribution in [0.1, 0.15) is 30.0 Å². The number of aromatic nitrogens is 1. The minimum Gasteiger partial charge on any atom is -0.264 e. The quantitative estimate of drug-likeness (QED) is 0.867. The smallest absolute Gasteiger partial charge is 0.264 e. The predicted octanol–water partition coefficient (Wildman–Crippen LogP) is 2.37. The Morgan fingerprint density at radius 3 is 2.82 bits per heavy atom. The van der Waals surface area contributed by atoms with Gasteiger partial charge in [-0.3, -0.25) is 10.4 Å². The lowest BCUT2D eigenvalue weighted by atomic mass is 10.1. The summed E-state index contributed by atoms with van der Waals surface area (Å²) < 4.78 is 37.7. The molecule has 2 heterocycles. The molecule has 0 aromatic carbocycles. The highest BCUT2D eigenvalue weighted by molar-refractivity contribution is 5.24. The summed E-state index contributed by atoms with van der Waals surface area (Å²) in [5.74, 6) is 0. The van der Waals surface area contributed by atoms with E-state index in [0.29, 0.717) is 5.56 Å². The van der Waals surface area contributed by atoms with E-state index in [-0.39, 0.29) is 6.04 Å². The van der Waals surface area contributed by atoms with Gasteiger partial charge in [0.25, 0.3) is 0 Å². The number of halogens is 3. The minimum atomic E-state index is -4.33. The Labute approximate surface area is 97.6 Å². The highest BCUT2D eigenvalue weighted by Gasteiger charge is 2.33. The fourth-order valence-corrected chi connectivity index (χ4v) is 2.18. The molecule has 1 fully saturated rings. The Balaban J connectivity index is 2.27. The summed E-state index contributed by atoms with van der Waals surface area (Å²) in [6.45, 7) is 0.845. The SMILES string of the molecule is CNN1CCC[C@@H]1c1cncc(C(F)(F)F)c1. The second-order valence-corrected chi connectivity index (χ2v) is 4.08. The molecule has 1 aliphatic heterocycles. The maximum absolute atomic E-state index is 12.6. The van der Waals surface area contributed by atoms with Gasteiger partial charge in [-0.1, -0.05) is 0 Å². The van der Waals surface area contributed by atoms with Crippen molar-refractivity contribution in [3.05, 3.63) is 29.6 Å². The van der Waals surface area contributed by atoms with Gasteiger partial charge in [0.2, 0.25) is 0 Å². The first-order valence-corrected chi connectivity index (χ1v) is 5.48. The molecular formula is C11H14F3N3. The molecule has 1 N–H and O–H groups in total. The highest BCUT2D eigenvalue weighted by atomic mass is 19.4. The molecule has 3 nitrogen and oxygen atoms in total. The van der Waals surface area contributed by atoms with Crippen LogP contribution in [0, 0.1) is 0 Å². The van der Waals surface area contributed by atoms with E-state index in [4.69, 9.17) is 0 Å². The van der Waals surface area contributed by atoms with Crippen LogP contribution >= 0.6 is 0 Å². The van der Waals surface area contributed by atoms with Gasteiger partial charge in [0.05, 0.1) is 11.6 Å². The zero-order valence-corrected chi connectivity index (χ0v) is 9.46. The second-order valence-electron chi connectivity index (χ2n) is 4.08. The number of hydrogen-bond donors (Lipinski definition) is 1. The molecule has 17 heavy (non-hydrogen) atoms. The van der Waals surface area contributed by atoms with Crippen LogP contribution in [0.3, 0.4) is 0 Å². The van der Waals surface area contributed by atoms with E-state index >= 15 is 0 Å². The van der Waals surface area contributed by atoms with E-state index in [1.54, 1.807) is 7.05 Å². The van der Waals surface area contributed by atoms with Crippen molar-refractivity contribution in [1.82, 2.24) is 15.4 Å². The van der Waals surface area contributed by atoms with Crippen LogP contribution in [0.2, 0.25) is 0 Å². The number of rotatable bonds is 2. The Bertz CT molecular complexity index is 392. The number of pyridine rings is 1. The van der Waals surface area contributed by atoms with E-state index in [2.05, 4.69) is 10.4 Å². The van der Waals surface area contributed by atoms with Crippen molar-refractivity contribution in [3.8, 4) is 0 Å². The molecular weight excluding hydrogens is 231 g/mol. The van der Waals surface area contributed by atoms with Gasteiger partial charge in [0, 0.05) is 18.9 Å². The van der Waals surface area contributed by atoms with E-state index in [1.165, 1.54) is 12.3 Å². The van der Waals surface area contributed by atoms with E-state index in [0.717, 1.165) is 25.6 Å². The van der Waals surface area contributed by atoms with Gasteiger partial charge in [-0.15, -0.1) is 0 Å². The average Bonchev–Trinajstić information content (AvgIpc) is 2.76. The number of hydrazine groups is 1. The molecule has 1 atom stereocenters. The Morgan fingerprint density at radius 2 is 2.18 bits per heavy atom. The van der Waals surface area contributed by atoms with E-state index in [9.17, 15) is 13.2 Å². The summed E-state index contributed by atoms with van der Waals surface area (Å²) in [5.41, 5.74) is 2.93. The lowest BCUT2D eigenvalue weighted by Crippen LogP contribution is -2.34. The van der Waals surface area contributed by atoms with Crippen molar-refractivity contribution in [1.29, 1.82) is 0 Å². The molecule has 0 aliphatic carbocycles. The van der Waals surface area contributed by atoms with Crippen LogP contribution in [0.25, 0.3) is 0 Å². The van der Waals surface area contributed by atoms with Gasteiger partial charge < -0.3 is 0 Å².